The molecule has 0 N–H and O–H groups in total. The van der Waals surface area contributed by atoms with Crippen LogP contribution in [0.3, 0.4) is 0 Å². The first-order chi connectivity index (χ1) is 15.2. The molecular formula is C24H27NO6S. The van der Waals surface area contributed by atoms with E-state index in [4.69, 9.17) is 8.92 Å². The van der Waals surface area contributed by atoms with Gasteiger partial charge in [0.25, 0.3) is 10.1 Å². The zero-order chi connectivity index (χ0) is 22.9. The van der Waals surface area contributed by atoms with E-state index in [-0.39, 0.29) is 30.1 Å². The highest BCUT2D eigenvalue weighted by atomic mass is 32.2. The lowest BCUT2D eigenvalue weighted by molar-refractivity contribution is -0.172. The molecule has 0 aromatic heterocycles. The summed E-state index contributed by atoms with van der Waals surface area (Å²) in [4.78, 5) is 28.2. The first kappa shape index (κ1) is 22.6. The molecule has 32 heavy (non-hydrogen) atoms. The minimum Gasteiger partial charge on any atom is -0.468 e. The normalized spacial score (nSPS) is 26.0. The number of nitrogens with zero attached hydrogens (tertiary/aromatic N) is 1. The zero-order valence-corrected chi connectivity index (χ0v) is 19.0. The molecule has 3 atom stereocenters. The van der Waals surface area contributed by atoms with Crippen molar-refractivity contribution in [3.8, 4) is 0 Å². The second kappa shape index (κ2) is 8.77. The molecule has 7 nitrogen and oxygen atoms in total. The first-order valence-corrected chi connectivity index (χ1v) is 12.0. The van der Waals surface area contributed by atoms with Crippen molar-refractivity contribution < 1.29 is 26.9 Å². The van der Waals surface area contributed by atoms with Gasteiger partial charge in [0.2, 0.25) is 0 Å². The molecule has 170 valence electrons. The molecule has 8 heteroatoms. The van der Waals surface area contributed by atoms with E-state index >= 15 is 0 Å². The van der Waals surface area contributed by atoms with Crippen molar-refractivity contribution in [2.24, 2.45) is 11.3 Å². The van der Waals surface area contributed by atoms with Crippen molar-refractivity contribution in [3.05, 3.63) is 65.7 Å². The van der Waals surface area contributed by atoms with Gasteiger partial charge in [-0.05, 0) is 37.5 Å². The monoisotopic (exact) mass is 457 g/mol. The van der Waals surface area contributed by atoms with E-state index < -0.39 is 33.5 Å². The number of ether oxygens (including phenoxy) is 1. The van der Waals surface area contributed by atoms with Crippen LogP contribution in [0.25, 0.3) is 0 Å². The van der Waals surface area contributed by atoms with Crippen LogP contribution in [0, 0.1) is 18.3 Å². The molecule has 0 amide bonds. The molecule has 1 saturated heterocycles. The largest absolute Gasteiger partial charge is 0.468 e. The number of ketones is 1. The van der Waals surface area contributed by atoms with Crippen molar-refractivity contribution in [3.63, 3.8) is 0 Å². The molecule has 1 saturated carbocycles. The molecule has 4 rings (SSSR count). The summed E-state index contributed by atoms with van der Waals surface area (Å²) in [5, 5.41) is 0. The zero-order valence-electron chi connectivity index (χ0n) is 18.2. The molecule has 1 aliphatic heterocycles. The van der Waals surface area contributed by atoms with Gasteiger partial charge in [-0.1, -0.05) is 48.0 Å². The SMILES string of the molecule is COC(=O)[C@]12CC[C@H](OS(=O)(=O)c3ccc(C)cc3)[C@H](CN(Cc3ccccc3)C1)C2=O. The summed E-state index contributed by atoms with van der Waals surface area (Å²) in [6.45, 7) is 2.98. The number of likely N-dealkylation sites (tertiary alicyclic amines) is 1. The molecule has 1 aliphatic carbocycles. The summed E-state index contributed by atoms with van der Waals surface area (Å²) in [7, 11) is -2.77. The highest BCUT2D eigenvalue weighted by Crippen LogP contribution is 2.44. The van der Waals surface area contributed by atoms with Crippen molar-refractivity contribution in [1.82, 2.24) is 4.90 Å². The van der Waals surface area contributed by atoms with Gasteiger partial charge in [-0.2, -0.15) is 8.42 Å². The number of aryl methyl sites for hydroxylation is 1. The molecule has 2 bridgehead atoms. The predicted molar refractivity (Wildman–Crippen MR) is 117 cm³/mol. The molecule has 2 aliphatic rings. The van der Waals surface area contributed by atoms with Crippen LogP contribution in [-0.2, 0) is 35.2 Å². The maximum Gasteiger partial charge on any atom is 0.320 e. The number of Topliss-reactive ketones (excluding diaryl/α,β-unsaturated/α-hetero) is 1. The highest BCUT2D eigenvalue weighted by Gasteiger charge is 2.59. The van der Waals surface area contributed by atoms with Crippen LogP contribution in [0.1, 0.15) is 24.0 Å². The minimum atomic E-state index is -4.05. The number of benzene rings is 2. The third-order valence-electron chi connectivity index (χ3n) is 6.45. The van der Waals surface area contributed by atoms with E-state index in [1.165, 1.54) is 19.2 Å². The molecule has 2 aromatic rings. The Balaban J connectivity index is 1.61. The van der Waals surface area contributed by atoms with Gasteiger partial charge in [0.15, 0.2) is 5.78 Å². The maximum atomic E-state index is 13.4. The third kappa shape index (κ3) is 4.22. The summed E-state index contributed by atoms with van der Waals surface area (Å²) in [6.07, 6.45) is -0.352. The Morgan fingerprint density at radius 2 is 1.81 bits per heavy atom. The average molecular weight is 458 g/mol. The Bertz CT molecular complexity index is 1100. The molecule has 0 radical (unpaired) electrons. The fraction of sp³-hybridized carbons (Fsp3) is 0.417. The lowest BCUT2D eigenvalue weighted by Crippen LogP contribution is -2.63. The van der Waals surface area contributed by atoms with E-state index in [1.807, 2.05) is 42.2 Å². The van der Waals surface area contributed by atoms with Crippen molar-refractivity contribution in [2.45, 2.75) is 37.3 Å². The second-order valence-corrected chi connectivity index (χ2v) is 10.2. The van der Waals surface area contributed by atoms with Crippen LogP contribution in [0.5, 0.6) is 0 Å². The number of fused-ring (bicyclic) bond motifs is 2. The first-order valence-electron chi connectivity index (χ1n) is 10.6. The Morgan fingerprint density at radius 1 is 1.12 bits per heavy atom. The Kier molecular flexibility index (Phi) is 6.20. The van der Waals surface area contributed by atoms with E-state index in [1.54, 1.807) is 12.1 Å². The van der Waals surface area contributed by atoms with Gasteiger partial charge in [-0.3, -0.25) is 18.7 Å². The summed E-state index contributed by atoms with van der Waals surface area (Å²) < 4.78 is 36.4. The van der Waals surface area contributed by atoms with Crippen LogP contribution >= 0.6 is 0 Å². The lowest BCUT2D eigenvalue weighted by Gasteiger charge is -2.48. The minimum absolute atomic E-state index is 0.0531. The summed E-state index contributed by atoms with van der Waals surface area (Å²) >= 11 is 0. The van der Waals surface area contributed by atoms with Crippen LogP contribution in [-0.4, -0.2) is 51.4 Å². The number of esters is 1. The Labute approximate surface area is 188 Å². The van der Waals surface area contributed by atoms with Crippen molar-refractivity contribution in [1.29, 1.82) is 0 Å². The summed E-state index contributed by atoms with van der Waals surface area (Å²) in [5.74, 6) is -1.59. The van der Waals surface area contributed by atoms with Crippen LogP contribution in [0.4, 0.5) is 0 Å². The van der Waals surface area contributed by atoms with E-state index in [9.17, 15) is 18.0 Å². The fourth-order valence-electron chi connectivity index (χ4n) is 4.78. The molecular weight excluding hydrogens is 430 g/mol. The van der Waals surface area contributed by atoms with Crippen LogP contribution < -0.4 is 0 Å². The van der Waals surface area contributed by atoms with Gasteiger partial charge in [-0.15, -0.1) is 0 Å². The van der Waals surface area contributed by atoms with E-state index in [2.05, 4.69) is 0 Å². The average Bonchev–Trinajstić information content (AvgIpc) is 2.77. The number of methoxy groups -OCH3 is 1. The fourth-order valence-corrected chi connectivity index (χ4v) is 5.92. The van der Waals surface area contributed by atoms with Gasteiger partial charge in [0, 0.05) is 19.6 Å². The number of carbonyl (C=O) groups excluding carboxylic acids is 2. The standard InChI is InChI=1S/C24H27NO6S/c1-17-8-10-19(11-9-17)32(28,29)31-21-12-13-24(23(27)30-2)16-25(15-20(21)22(24)26)14-18-6-4-3-5-7-18/h3-11,20-21H,12-16H2,1-2H3/t20-,21-,24+/m0/s1. The molecule has 0 unspecified atom stereocenters. The molecule has 1 heterocycles. The lowest BCUT2D eigenvalue weighted by atomic mass is 9.64. The molecule has 0 spiro atoms. The number of carbonyl (C=O) groups is 2. The predicted octanol–water partition coefficient (Wildman–Crippen LogP) is 2.72. The van der Waals surface area contributed by atoms with Crippen LogP contribution in [0.2, 0.25) is 0 Å². The summed E-state index contributed by atoms with van der Waals surface area (Å²) in [6, 6.07) is 16.1. The van der Waals surface area contributed by atoms with Crippen molar-refractivity contribution in [2.75, 3.05) is 20.2 Å². The van der Waals surface area contributed by atoms with Gasteiger partial charge in [0.05, 0.1) is 24.0 Å². The number of piperidine rings is 1. The Hall–Kier alpha value is -2.55. The highest BCUT2D eigenvalue weighted by molar-refractivity contribution is 7.86. The number of rotatable bonds is 6. The van der Waals surface area contributed by atoms with Crippen molar-refractivity contribution >= 4 is 21.9 Å². The smallest absolute Gasteiger partial charge is 0.320 e. The number of hydrogen-bond acceptors (Lipinski definition) is 7. The number of hydrogen-bond donors (Lipinski definition) is 0. The van der Waals surface area contributed by atoms with Gasteiger partial charge >= 0.3 is 5.97 Å². The van der Waals surface area contributed by atoms with E-state index in [0.717, 1.165) is 11.1 Å². The molecule has 2 aromatic carbocycles. The van der Waals surface area contributed by atoms with Gasteiger partial charge in [-0.25, -0.2) is 0 Å². The van der Waals surface area contributed by atoms with E-state index in [0.29, 0.717) is 13.1 Å². The quantitative estimate of drug-likeness (QED) is 0.374. The second-order valence-electron chi connectivity index (χ2n) is 8.64. The Morgan fingerprint density at radius 3 is 2.47 bits per heavy atom. The third-order valence-corrected chi connectivity index (χ3v) is 7.80. The van der Waals surface area contributed by atoms with Gasteiger partial charge in [0.1, 0.15) is 5.41 Å². The topological polar surface area (TPSA) is 90.0 Å². The van der Waals surface area contributed by atoms with Gasteiger partial charge < -0.3 is 4.74 Å². The van der Waals surface area contributed by atoms with Crippen LogP contribution in [0.15, 0.2) is 59.5 Å². The maximum absolute atomic E-state index is 13.4. The summed E-state index contributed by atoms with van der Waals surface area (Å²) in [5.41, 5.74) is 0.688. The molecule has 2 fully saturated rings.